The molecule has 17 heavy (non-hydrogen) atoms. The molecular weight excluding hydrogens is 298 g/mol. The molecule has 0 spiro atoms. The molecule has 1 aliphatic heterocycles. The summed E-state index contributed by atoms with van der Waals surface area (Å²) in [6.45, 7) is 2.03. The van der Waals surface area contributed by atoms with Crippen LogP contribution in [-0.2, 0) is 6.42 Å². The van der Waals surface area contributed by atoms with E-state index in [1.54, 1.807) is 0 Å². The van der Waals surface area contributed by atoms with Gasteiger partial charge in [-0.2, -0.15) is 11.8 Å². The number of rotatable bonds is 6. The zero-order valence-corrected chi connectivity index (χ0v) is 12.4. The maximum absolute atomic E-state index is 5.88. The summed E-state index contributed by atoms with van der Waals surface area (Å²) in [7, 11) is 0. The van der Waals surface area contributed by atoms with Crippen LogP contribution >= 0.6 is 27.7 Å². The minimum absolute atomic E-state index is 0.300. The molecule has 0 amide bonds. The van der Waals surface area contributed by atoms with Gasteiger partial charge in [0.25, 0.3) is 0 Å². The molecule has 2 rings (SSSR count). The summed E-state index contributed by atoms with van der Waals surface area (Å²) in [5.41, 5.74) is 1.32. The first-order valence-corrected chi connectivity index (χ1v) is 8.13. The quantitative estimate of drug-likeness (QED) is 0.815. The molecule has 1 aliphatic rings. The van der Waals surface area contributed by atoms with Crippen LogP contribution in [0.2, 0.25) is 0 Å². The van der Waals surface area contributed by atoms with Gasteiger partial charge in [0.2, 0.25) is 0 Å². The van der Waals surface area contributed by atoms with Crippen molar-refractivity contribution < 1.29 is 4.74 Å². The summed E-state index contributed by atoms with van der Waals surface area (Å²) in [5.74, 6) is 2.27. The molecular formula is C13H18BrNOS. The normalized spacial score (nSPS) is 17.9. The van der Waals surface area contributed by atoms with Gasteiger partial charge in [-0.15, -0.1) is 0 Å². The first-order chi connectivity index (χ1) is 8.29. The van der Waals surface area contributed by atoms with Gasteiger partial charge in [-0.25, -0.2) is 0 Å². The first-order valence-electron chi connectivity index (χ1n) is 5.94. The Morgan fingerprint density at radius 1 is 1.53 bits per heavy atom. The molecule has 94 valence electrons. The van der Waals surface area contributed by atoms with Crippen LogP contribution in [0.5, 0.6) is 5.75 Å². The zero-order chi connectivity index (χ0) is 12.1. The van der Waals surface area contributed by atoms with Crippen molar-refractivity contribution >= 4 is 27.7 Å². The van der Waals surface area contributed by atoms with Gasteiger partial charge in [-0.1, -0.05) is 15.9 Å². The number of thioether (sulfide) groups is 1. The summed E-state index contributed by atoms with van der Waals surface area (Å²) in [6.07, 6.45) is 4.69. The highest BCUT2D eigenvalue weighted by Gasteiger charge is 2.22. The Morgan fingerprint density at radius 3 is 3.24 bits per heavy atom. The SMILES string of the molecule is CSCCCNCC1Cc2cc(Br)ccc2O1. The van der Waals surface area contributed by atoms with E-state index in [-0.39, 0.29) is 0 Å². The van der Waals surface area contributed by atoms with Gasteiger partial charge in [-0.05, 0) is 48.7 Å². The summed E-state index contributed by atoms with van der Waals surface area (Å²) < 4.78 is 7.01. The predicted octanol–water partition coefficient (Wildman–Crippen LogP) is 3.10. The Morgan fingerprint density at radius 2 is 2.41 bits per heavy atom. The largest absolute Gasteiger partial charge is 0.488 e. The second kappa shape index (κ2) is 6.66. The van der Waals surface area contributed by atoms with Crippen molar-refractivity contribution in [3.63, 3.8) is 0 Å². The predicted molar refractivity (Wildman–Crippen MR) is 78.1 cm³/mol. The number of fused-ring (bicyclic) bond motifs is 1. The van der Waals surface area contributed by atoms with Crippen LogP contribution in [0.4, 0.5) is 0 Å². The third kappa shape index (κ3) is 3.90. The fourth-order valence-corrected chi connectivity index (χ4v) is 2.85. The van der Waals surface area contributed by atoms with E-state index in [0.717, 1.165) is 29.7 Å². The van der Waals surface area contributed by atoms with E-state index < -0.39 is 0 Å². The first kappa shape index (κ1) is 13.2. The Kier molecular flexibility index (Phi) is 5.19. The van der Waals surface area contributed by atoms with Gasteiger partial charge in [0, 0.05) is 17.4 Å². The van der Waals surface area contributed by atoms with Crippen molar-refractivity contribution in [2.24, 2.45) is 0 Å². The summed E-state index contributed by atoms with van der Waals surface area (Å²) in [6, 6.07) is 6.24. The summed E-state index contributed by atoms with van der Waals surface area (Å²) in [4.78, 5) is 0. The average Bonchev–Trinajstić information content (AvgIpc) is 2.70. The lowest BCUT2D eigenvalue weighted by atomic mass is 10.1. The van der Waals surface area contributed by atoms with E-state index in [2.05, 4.69) is 33.6 Å². The molecule has 2 nitrogen and oxygen atoms in total. The van der Waals surface area contributed by atoms with Crippen molar-refractivity contribution in [3.05, 3.63) is 28.2 Å². The van der Waals surface area contributed by atoms with Crippen molar-refractivity contribution in [2.75, 3.05) is 25.1 Å². The second-order valence-corrected chi connectivity index (χ2v) is 6.15. The number of nitrogens with one attached hydrogen (secondary N) is 1. The van der Waals surface area contributed by atoms with Gasteiger partial charge in [0.05, 0.1) is 0 Å². The Hall–Kier alpha value is -0.190. The van der Waals surface area contributed by atoms with Gasteiger partial charge in [0.1, 0.15) is 11.9 Å². The number of benzene rings is 1. The molecule has 0 aliphatic carbocycles. The van der Waals surface area contributed by atoms with Gasteiger partial charge >= 0.3 is 0 Å². The molecule has 4 heteroatoms. The van der Waals surface area contributed by atoms with Gasteiger partial charge in [0.15, 0.2) is 0 Å². The lowest BCUT2D eigenvalue weighted by Gasteiger charge is -2.11. The van der Waals surface area contributed by atoms with E-state index in [1.807, 2.05) is 23.9 Å². The molecule has 1 unspecified atom stereocenters. The smallest absolute Gasteiger partial charge is 0.123 e. The molecule has 1 atom stereocenters. The zero-order valence-electron chi connectivity index (χ0n) is 10.0. The van der Waals surface area contributed by atoms with Gasteiger partial charge in [-0.3, -0.25) is 0 Å². The molecule has 1 heterocycles. The summed E-state index contributed by atoms with van der Waals surface area (Å²) in [5, 5.41) is 3.46. The standard InChI is InChI=1S/C13H18BrNOS/c1-17-6-2-5-15-9-12-8-10-7-11(14)3-4-13(10)16-12/h3-4,7,12,15H,2,5-6,8-9H2,1H3. The fourth-order valence-electron chi connectivity index (χ4n) is 2.01. The topological polar surface area (TPSA) is 21.3 Å². The van der Waals surface area contributed by atoms with Crippen LogP contribution < -0.4 is 10.1 Å². The van der Waals surface area contributed by atoms with Crippen LogP contribution in [0.25, 0.3) is 0 Å². The van der Waals surface area contributed by atoms with E-state index >= 15 is 0 Å². The highest BCUT2D eigenvalue weighted by atomic mass is 79.9. The number of ether oxygens (including phenoxy) is 1. The van der Waals surface area contributed by atoms with Crippen molar-refractivity contribution in [1.29, 1.82) is 0 Å². The molecule has 1 aromatic carbocycles. The second-order valence-electron chi connectivity index (χ2n) is 4.25. The lowest BCUT2D eigenvalue weighted by Crippen LogP contribution is -2.30. The van der Waals surface area contributed by atoms with E-state index in [9.17, 15) is 0 Å². The molecule has 0 radical (unpaired) electrons. The molecule has 0 fully saturated rings. The molecule has 0 saturated heterocycles. The molecule has 0 aromatic heterocycles. The van der Waals surface area contributed by atoms with Crippen molar-refractivity contribution in [1.82, 2.24) is 5.32 Å². The third-order valence-electron chi connectivity index (χ3n) is 2.84. The van der Waals surface area contributed by atoms with Crippen LogP contribution in [0.3, 0.4) is 0 Å². The van der Waals surface area contributed by atoms with E-state index in [1.165, 1.54) is 17.7 Å². The van der Waals surface area contributed by atoms with Crippen molar-refractivity contribution in [3.8, 4) is 5.75 Å². The van der Waals surface area contributed by atoms with Crippen LogP contribution in [0, 0.1) is 0 Å². The minimum Gasteiger partial charge on any atom is -0.488 e. The van der Waals surface area contributed by atoms with E-state index in [4.69, 9.17) is 4.74 Å². The molecule has 1 aromatic rings. The highest BCUT2D eigenvalue weighted by molar-refractivity contribution is 9.10. The number of hydrogen-bond acceptors (Lipinski definition) is 3. The van der Waals surface area contributed by atoms with Crippen molar-refractivity contribution in [2.45, 2.75) is 18.9 Å². The fraction of sp³-hybridized carbons (Fsp3) is 0.538. The number of halogens is 1. The van der Waals surface area contributed by atoms with Gasteiger partial charge < -0.3 is 10.1 Å². The maximum Gasteiger partial charge on any atom is 0.123 e. The average molecular weight is 316 g/mol. The Balaban J connectivity index is 1.73. The van der Waals surface area contributed by atoms with Crippen LogP contribution in [0.1, 0.15) is 12.0 Å². The maximum atomic E-state index is 5.88. The Bertz CT molecular complexity index is 372. The number of hydrogen-bond donors (Lipinski definition) is 1. The highest BCUT2D eigenvalue weighted by Crippen LogP contribution is 2.30. The third-order valence-corrected chi connectivity index (χ3v) is 4.03. The lowest BCUT2D eigenvalue weighted by molar-refractivity contribution is 0.228. The van der Waals surface area contributed by atoms with Crippen LogP contribution in [-0.4, -0.2) is 31.2 Å². The monoisotopic (exact) mass is 315 g/mol. The van der Waals surface area contributed by atoms with E-state index in [0.29, 0.717) is 6.10 Å². The summed E-state index contributed by atoms with van der Waals surface area (Å²) >= 11 is 5.39. The molecule has 0 saturated carbocycles. The molecule has 0 bridgehead atoms. The minimum atomic E-state index is 0.300. The molecule has 1 N–H and O–H groups in total. The Labute approximate surface area is 116 Å². The van der Waals surface area contributed by atoms with Crippen LogP contribution in [0.15, 0.2) is 22.7 Å².